The molecule has 19 heavy (non-hydrogen) atoms. The maximum absolute atomic E-state index is 10.6. The summed E-state index contributed by atoms with van der Waals surface area (Å²) in [6, 6.07) is 6.43. The van der Waals surface area contributed by atoms with E-state index in [2.05, 4.69) is 30.8 Å². The molecule has 1 heterocycles. The molecule has 0 amide bonds. The van der Waals surface area contributed by atoms with Gasteiger partial charge in [0.2, 0.25) is 0 Å². The van der Waals surface area contributed by atoms with E-state index < -0.39 is 11.2 Å². The number of benzene rings is 1. The number of unbranched alkanes of at least 4 members (excludes halogenated alkanes) is 2. The molecule has 0 aliphatic carbocycles. The first kappa shape index (κ1) is 14.3. The van der Waals surface area contributed by atoms with E-state index >= 15 is 0 Å². The van der Waals surface area contributed by atoms with Crippen LogP contribution in [0.25, 0.3) is 0 Å². The molecular formula is C15H20O3S. The molecule has 0 aromatic heterocycles. The Hall–Kier alpha value is -1.16. The average Bonchev–Trinajstić information content (AvgIpc) is 2.85. The Balaban J connectivity index is 1.67. The number of aryl methyl sites for hydroxylation is 1. The van der Waals surface area contributed by atoms with Crippen molar-refractivity contribution in [1.29, 1.82) is 0 Å². The number of thiol groups is 1. The lowest BCUT2D eigenvalue weighted by molar-refractivity contribution is -0.136. The van der Waals surface area contributed by atoms with Gasteiger partial charge >= 0.3 is 5.97 Å². The molecule has 1 N–H and O–H groups in total. The number of fused-ring (bicyclic) bond motifs is 1. The van der Waals surface area contributed by atoms with Gasteiger partial charge in [-0.3, -0.25) is 4.79 Å². The van der Waals surface area contributed by atoms with Crippen LogP contribution in [0.2, 0.25) is 0 Å². The largest absolute Gasteiger partial charge is 0.493 e. The fraction of sp³-hybridized carbons (Fsp3) is 0.533. The van der Waals surface area contributed by atoms with E-state index in [0.717, 1.165) is 44.5 Å². The van der Waals surface area contributed by atoms with Crippen molar-refractivity contribution >= 4 is 18.6 Å². The topological polar surface area (TPSA) is 46.5 Å². The molecule has 1 atom stereocenters. The van der Waals surface area contributed by atoms with Gasteiger partial charge in [-0.1, -0.05) is 25.0 Å². The van der Waals surface area contributed by atoms with Crippen molar-refractivity contribution in [3.63, 3.8) is 0 Å². The Morgan fingerprint density at radius 2 is 2.21 bits per heavy atom. The van der Waals surface area contributed by atoms with Gasteiger partial charge in [0, 0.05) is 6.42 Å². The molecule has 3 nitrogen and oxygen atoms in total. The van der Waals surface area contributed by atoms with E-state index in [0.29, 0.717) is 6.42 Å². The van der Waals surface area contributed by atoms with E-state index in [1.54, 1.807) is 0 Å². The molecule has 0 bridgehead atoms. The molecular weight excluding hydrogens is 260 g/mol. The SMILES string of the molecule is O=C(O)C(S)CCCCCc1ccc2c(c1)CCO2. The molecule has 1 unspecified atom stereocenters. The summed E-state index contributed by atoms with van der Waals surface area (Å²) < 4.78 is 5.48. The summed E-state index contributed by atoms with van der Waals surface area (Å²) in [6.45, 7) is 0.803. The summed E-state index contributed by atoms with van der Waals surface area (Å²) in [4.78, 5) is 10.6. The summed E-state index contributed by atoms with van der Waals surface area (Å²) in [5.41, 5.74) is 2.67. The van der Waals surface area contributed by atoms with Crippen LogP contribution in [-0.2, 0) is 17.6 Å². The van der Waals surface area contributed by atoms with Crippen LogP contribution in [-0.4, -0.2) is 22.9 Å². The molecule has 0 saturated carbocycles. The summed E-state index contributed by atoms with van der Waals surface area (Å²) in [7, 11) is 0. The van der Waals surface area contributed by atoms with Gasteiger partial charge in [-0.25, -0.2) is 0 Å². The number of carboxylic acids is 1. The average molecular weight is 280 g/mol. The van der Waals surface area contributed by atoms with Crippen LogP contribution < -0.4 is 4.74 Å². The molecule has 1 aromatic rings. The van der Waals surface area contributed by atoms with Crippen molar-refractivity contribution in [2.24, 2.45) is 0 Å². The number of hydrogen-bond donors (Lipinski definition) is 2. The smallest absolute Gasteiger partial charge is 0.316 e. The third kappa shape index (κ3) is 4.16. The van der Waals surface area contributed by atoms with Crippen LogP contribution >= 0.6 is 12.6 Å². The quantitative estimate of drug-likeness (QED) is 0.596. The molecule has 1 aromatic carbocycles. The van der Waals surface area contributed by atoms with Crippen LogP contribution in [0, 0.1) is 0 Å². The number of rotatable bonds is 7. The third-order valence-corrected chi connectivity index (χ3v) is 3.96. The number of hydrogen-bond acceptors (Lipinski definition) is 3. The minimum Gasteiger partial charge on any atom is -0.493 e. The fourth-order valence-corrected chi connectivity index (χ4v) is 2.55. The predicted octanol–water partition coefficient (Wildman–Crippen LogP) is 3.11. The number of aliphatic carboxylic acids is 1. The van der Waals surface area contributed by atoms with Crippen LogP contribution in [0.15, 0.2) is 18.2 Å². The highest BCUT2D eigenvalue weighted by Crippen LogP contribution is 2.26. The van der Waals surface area contributed by atoms with Crippen molar-refractivity contribution in [1.82, 2.24) is 0 Å². The van der Waals surface area contributed by atoms with Crippen molar-refractivity contribution in [3.8, 4) is 5.75 Å². The number of carbonyl (C=O) groups is 1. The number of carboxylic acid groups (broad SMARTS) is 1. The molecule has 1 aliphatic heterocycles. The second-order valence-electron chi connectivity index (χ2n) is 4.99. The van der Waals surface area contributed by atoms with Crippen molar-refractivity contribution in [2.75, 3.05) is 6.61 Å². The van der Waals surface area contributed by atoms with Gasteiger partial charge in [0.25, 0.3) is 0 Å². The normalized spacial score (nSPS) is 14.8. The van der Waals surface area contributed by atoms with E-state index in [1.807, 2.05) is 0 Å². The molecule has 0 saturated heterocycles. The molecule has 0 fully saturated rings. The summed E-state index contributed by atoms with van der Waals surface area (Å²) >= 11 is 4.03. The Morgan fingerprint density at radius 3 is 3.00 bits per heavy atom. The van der Waals surface area contributed by atoms with E-state index in [9.17, 15) is 4.79 Å². The van der Waals surface area contributed by atoms with E-state index in [4.69, 9.17) is 9.84 Å². The zero-order valence-electron chi connectivity index (χ0n) is 11.0. The van der Waals surface area contributed by atoms with Gasteiger partial charge in [-0.2, -0.15) is 12.6 Å². The Bertz CT molecular complexity index is 445. The maximum atomic E-state index is 10.6. The van der Waals surface area contributed by atoms with Gasteiger partial charge in [0.15, 0.2) is 0 Å². The Morgan fingerprint density at radius 1 is 1.37 bits per heavy atom. The number of ether oxygens (including phenoxy) is 1. The summed E-state index contributed by atoms with van der Waals surface area (Å²) in [5.74, 6) is 0.213. The van der Waals surface area contributed by atoms with Gasteiger partial charge in [0.1, 0.15) is 5.75 Å². The lowest BCUT2D eigenvalue weighted by Gasteiger charge is -2.06. The molecule has 4 heteroatoms. The highest BCUT2D eigenvalue weighted by molar-refractivity contribution is 7.81. The van der Waals surface area contributed by atoms with Crippen LogP contribution in [0.1, 0.15) is 36.8 Å². The molecule has 2 rings (SSSR count). The third-order valence-electron chi connectivity index (χ3n) is 3.48. The van der Waals surface area contributed by atoms with Crippen LogP contribution in [0.3, 0.4) is 0 Å². The van der Waals surface area contributed by atoms with E-state index in [-0.39, 0.29) is 0 Å². The first-order valence-electron chi connectivity index (χ1n) is 6.82. The minimum absolute atomic E-state index is 0.517. The minimum atomic E-state index is -0.818. The Labute approximate surface area is 119 Å². The molecule has 0 spiro atoms. The van der Waals surface area contributed by atoms with Crippen molar-refractivity contribution in [3.05, 3.63) is 29.3 Å². The van der Waals surface area contributed by atoms with Gasteiger partial charge < -0.3 is 9.84 Å². The lowest BCUT2D eigenvalue weighted by atomic mass is 10.0. The second-order valence-corrected chi connectivity index (χ2v) is 5.62. The van der Waals surface area contributed by atoms with Gasteiger partial charge in [-0.05, 0) is 36.5 Å². The first-order valence-corrected chi connectivity index (χ1v) is 7.34. The van der Waals surface area contributed by atoms with Gasteiger partial charge in [0.05, 0.1) is 11.9 Å². The van der Waals surface area contributed by atoms with Gasteiger partial charge in [-0.15, -0.1) is 0 Å². The molecule has 1 aliphatic rings. The highest BCUT2D eigenvalue weighted by Gasteiger charge is 2.12. The highest BCUT2D eigenvalue weighted by atomic mass is 32.1. The van der Waals surface area contributed by atoms with Crippen LogP contribution in [0.4, 0.5) is 0 Å². The zero-order valence-corrected chi connectivity index (χ0v) is 11.9. The molecule has 104 valence electrons. The zero-order chi connectivity index (χ0) is 13.7. The summed E-state index contributed by atoms with van der Waals surface area (Å²) in [6.07, 6.45) is 5.80. The lowest BCUT2D eigenvalue weighted by Crippen LogP contribution is -2.12. The Kier molecular flexibility index (Phi) is 5.14. The van der Waals surface area contributed by atoms with Crippen LogP contribution in [0.5, 0.6) is 5.75 Å². The van der Waals surface area contributed by atoms with Crippen molar-refractivity contribution < 1.29 is 14.6 Å². The standard InChI is InChI=1S/C15H20O3S/c16-15(17)14(19)5-3-1-2-4-11-6-7-13-12(10-11)8-9-18-13/h6-7,10,14,19H,1-5,8-9H2,(H,16,17). The summed E-state index contributed by atoms with van der Waals surface area (Å²) in [5, 5.41) is 8.20. The monoisotopic (exact) mass is 280 g/mol. The van der Waals surface area contributed by atoms with Crippen molar-refractivity contribution in [2.45, 2.75) is 43.8 Å². The fourth-order valence-electron chi connectivity index (χ4n) is 2.36. The first-order chi connectivity index (χ1) is 9.16. The predicted molar refractivity (Wildman–Crippen MR) is 78.2 cm³/mol. The van der Waals surface area contributed by atoms with E-state index in [1.165, 1.54) is 11.1 Å². The molecule has 0 radical (unpaired) electrons. The second kappa shape index (κ2) is 6.85. The maximum Gasteiger partial charge on any atom is 0.316 e.